The fourth-order valence-corrected chi connectivity index (χ4v) is 1.11. The third-order valence-corrected chi connectivity index (χ3v) is 1.79. The summed E-state index contributed by atoms with van der Waals surface area (Å²) >= 11 is 12.7. The minimum absolute atomic E-state index is 0.132. The second kappa shape index (κ2) is 6.68. The fourth-order valence-electron chi connectivity index (χ4n) is 0.424. The molecule has 0 aliphatic heterocycles. The van der Waals surface area contributed by atoms with Crippen LogP contribution in [0.2, 0.25) is 0 Å². The summed E-state index contributed by atoms with van der Waals surface area (Å²) in [6.45, 7) is 0.132. The van der Waals surface area contributed by atoms with Gasteiger partial charge in [-0.05, 0) is 0 Å². The van der Waals surface area contributed by atoms with E-state index in [1.54, 1.807) is 0 Å². The van der Waals surface area contributed by atoms with E-state index >= 15 is 0 Å². The molecule has 0 atom stereocenters. The second-order valence-corrected chi connectivity index (χ2v) is 5.50. The number of hydrogen-bond acceptors (Lipinski definition) is 3. The first-order valence-electron chi connectivity index (χ1n) is 3.01. The molecule has 0 unspecified atom stereocenters. The summed E-state index contributed by atoms with van der Waals surface area (Å²) in [5.41, 5.74) is 0. The number of rotatable bonds is 5. The molecule has 0 rings (SSSR count). The van der Waals surface area contributed by atoms with Crippen molar-refractivity contribution in [1.29, 1.82) is 0 Å². The average Bonchev–Trinajstić information content (AvgIpc) is 1.83. The Hall–Kier alpha value is 1.26. The van der Waals surface area contributed by atoms with Gasteiger partial charge in [0.2, 0.25) is 0 Å². The van der Waals surface area contributed by atoms with Crippen LogP contribution in [0, 0.1) is 0 Å². The number of halogens is 3. The van der Waals surface area contributed by atoms with Crippen molar-refractivity contribution in [3.8, 4) is 0 Å². The average molecular weight is 273 g/mol. The van der Waals surface area contributed by atoms with Crippen LogP contribution in [-0.2, 0) is 30.3 Å². The molecule has 0 aromatic heterocycles. The van der Waals surface area contributed by atoms with E-state index in [2.05, 4.69) is 8.36 Å². The standard InChI is InChI=1S/C4H7Cl3O2.H2O.O.Ti/c5-4(6,7)2-1-3-9-8;;;/h8H,1-3H2;1H2;;/q;;;+2/p-2. The Morgan fingerprint density at radius 2 is 2.00 bits per heavy atom. The Morgan fingerprint density at radius 1 is 1.42 bits per heavy atom. The Balaban J connectivity index is 3.17. The third-order valence-electron chi connectivity index (χ3n) is 0.818. The van der Waals surface area contributed by atoms with Crippen molar-refractivity contribution in [2.24, 2.45) is 0 Å². The molecule has 0 radical (unpaired) electrons. The third kappa shape index (κ3) is 11.3. The van der Waals surface area contributed by atoms with E-state index in [0.717, 1.165) is 0 Å². The van der Waals surface area contributed by atoms with E-state index in [1.807, 2.05) is 0 Å². The topological polar surface area (TPSA) is 55.8 Å². The van der Waals surface area contributed by atoms with Crippen LogP contribution in [-0.4, -0.2) is 14.1 Å². The molecule has 0 aromatic carbocycles. The van der Waals surface area contributed by atoms with Crippen LogP contribution >= 0.6 is 34.8 Å². The molecule has 0 saturated carbocycles. The van der Waals surface area contributed by atoms with Crippen LogP contribution in [0.15, 0.2) is 0 Å². The van der Waals surface area contributed by atoms with Gasteiger partial charge in [-0.15, -0.1) is 0 Å². The molecule has 0 aromatic rings. The minimum atomic E-state index is -3.56. The van der Waals surface area contributed by atoms with E-state index in [1.165, 1.54) is 0 Å². The van der Waals surface area contributed by atoms with Gasteiger partial charge in [-0.1, -0.05) is 0 Å². The summed E-state index contributed by atoms with van der Waals surface area (Å²) in [5, 5.41) is 0. The predicted molar refractivity (Wildman–Crippen MR) is 39.5 cm³/mol. The van der Waals surface area contributed by atoms with Crippen LogP contribution < -0.4 is 0 Å². The van der Waals surface area contributed by atoms with Gasteiger partial charge in [0.15, 0.2) is 0 Å². The molecular weight excluding hydrogens is 266 g/mol. The molecule has 0 amide bonds. The summed E-state index contributed by atoms with van der Waals surface area (Å²) < 4.78 is 20.9. The van der Waals surface area contributed by atoms with Crippen LogP contribution in [0.4, 0.5) is 0 Å². The number of hydrogen-bond donors (Lipinski definition) is 1. The van der Waals surface area contributed by atoms with E-state index in [4.69, 9.17) is 38.5 Å². The SMILES string of the molecule is [O]=[Ti]([OH])[O]OCCCC(Cl)(Cl)Cl. The Bertz CT molecular complexity index is 148. The van der Waals surface area contributed by atoms with Crippen molar-refractivity contribution in [2.75, 3.05) is 6.61 Å². The van der Waals surface area contributed by atoms with Gasteiger partial charge in [-0.2, -0.15) is 0 Å². The van der Waals surface area contributed by atoms with Gasteiger partial charge < -0.3 is 0 Å². The molecular formula is C4H7Cl3O4Ti. The van der Waals surface area contributed by atoms with Crippen molar-refractivity contribution in [3.63, 3.8) is 0 Å². The van der Waals surface area contributed by atoms with Crippen molar-refractivity contribution in [3.05, 3.63) is 0 Å². The molecule has 4 nitrogen and oxygen atoms in total. The van der Waals surface area contributed by atoms with E-state index in [0.29, 0.717) is 12.8 Å². The van der Waals surface area contributed by atoms with Gasteiger partial charge in [-0.25, -0.2) is 0 Å². The Kier molecular flexibility index (Phi) is 7.38. The molecule has 1 N–H and O–H groups in total. The molecule has 0 saturated heterocycles. The quantitative estimate of drug-likeness (QED) is 0.273. The van der Waals surface area contributed by atoms with Crippen LogP contribution in [0.1, 0.15) is 12.8 Å². The van der Waals surface area contributed by atoms with Crippen LogP contribution in [0.25, 0.3) is 0 Å². The van der Waals surface area contributed by atoms with Gasteiger partial charge in [0.05, 0.1) is 0 Å². The van der Waals surface area contributed by atoms with Gasteiger partial charge in [0.25, 0.3) is 0 Å². The van der Waals surface area contributed by atoms with Gasteiger partial charge >= 0.3 is 92.0 Å². The first-order valence-corrected chi connectivity index (χ1v) is 6.11. The summed E-state index contributed by atoms with van der Waals surface area (Å²) in [5.74, 6) is 0. The zero-order valence-corrected chi connectivity index (χ0v) is 9.76. The predicted octanol–water partition coefficient (Wildman–Crippen LogP) is 1.87. The number of alkyl halides is 3. The van der Waals surface area contributed by atoms with Crippen molar-refractivity contribution in [2.45, 2.75) is 16.6 Å². The summed E-state index contributed by atoms with van der Waals surface area (Å²) in [6, 6.07) is 0. The molecule has 0 spiro atoms. The van der Waals surface area contributed by atoms with E-state index < -0.39 is 22.4 Å². The fraction of sp³-hybridized carbons (Fsp3) is 1.00. The molecule has 0 aliphatic rings. The van der Waals surface area contributed by atoms with E-state index in [9.17, 15) is 3.32 Å². The van der Waals surface area contributed by atoms with Gasteiger partial charge in [0.1, 0.15) is 0 Å². The molecule has 12 heavy (non-hydrogen) atoms. The summed E-state index contributed by atoms with van der Waals surface area (Å²) in [7, 11) is 0. The molecule has 72 valence electrons. The Labute approximate surface area is 91.7 Å². The normalized spacial score (nSPS) is 11.7. The molecule has 0 heterocycles. The summed E-state index contributed by atoms with van der Waals surface area (Å²) in [4.78, 5) is 4.33. The molecule has 8 heteroatoms. The van der Waals surface area contributed by atoms with Crippen molar-refractivity contribution in [1.82, 2.24) is 0 Å². The van der Waals surface area contributed by atoms with Gasteiger partial charge in [0, 0.05) is 0 Å². The molecule has 0 fully saturated rings. The first-order chi connectivity index (χ1) is 5.42. The van der Waals surface area contributed by atoms with Gasteiger partial charge in [-0.3, -0.25) is 0 Å². The first kappa shape index (κ1) is 13.3. The maximum absolute atomic E-state index is 9.98. The zero-order chi connectivity index (χ0) is 9.61. The maximum atomic E-state index is 9.98. The van der Waals surface area contributed by atoms with Crippen LogP contribution in [0.5, 0.6) is 0 Å². The zero-order valence-electron chi connectivity index (χ0n) is 5.93. The molecule has 0 aliphatic carbocycles. The summed E-state index contributed by atoms with van der Waals surface area (Å²) in [6.07, 6.45) is 0.753. The monoisotopic (exact) mass is 272 g/mol. The Morgan fingerprint density at radius 3 is 2.42 bits per heavy atom. The van der Waals surface area contributed by atoms with Crippen molar-refractivity contribution >= 4 is 34.8 Å². The van der Waals surface area contributed by atoms with E-state index in [-0.39, 0.29) is 6.61 Å². The second-order valence-electron chi connectivity index (χ2n) is 1.89. The van der Waals surface area contributed by atoms with Crippen LogP contribution in [0.3, 0.4) is 0 Å². The van der Waals surface area contributed by atoms with Crippen molar-refractivity contribution < 1.29 is 34.0 Å². The molecule has 0 bridgehead atoms.